The van der Waals surface area contributed by atoms with E-state index in [1.807, 2.05) is 0 Å². The highest BCUT2D eigenvalue weighted by atomic mass is 16.7. The predicted molar refractivity (Wildman–Crippen MR) is 104 cm³/mol. The minimum Gasteiger partial charge on any atom is -0.456 e. The lowest BCUT2D eigenvalue weighted by atomic mass is 10.1. The lowest BCUT2D eigenvalue weighted by Gasteiger charge is -2.10. The number of amides is 2. The number of Topliss-reactive ketones (excluding diaryl/α,β-unsaturated/α-hetero) is 1. The van der Waals surface area contributed by atoms with E-state index in [9.17, 15) is 19.2 Å². The highest BCUT2D eigenvalue weighted by molar-refractivity contribution is 6.04. The SMILES string of the molecule is CN1C(=O)Cc2cc(C(=O)COC(=O)CNC(=O)c3ccc4c(c3)OCO4)ccc21. The van der Waals surface area contributed by atoms with Crippen molar-refractivity contribution in [2.75, 3.05) is 31.9 Å². The Morgan fingerprint density at radius 1 is 1.07 bits per heavy atom. The van der Waals surface area contributed by atoms with Crippen LogP contribution in [0.2, 0.25) is 0 Å². The van der Waals surface area contributed by atoms with Crippen molar-refractivity contribution in [3.8, 4) is 11.5 Å². The van der Waals surface area contributed by atoms with Gasteiger partial charge in [0, 0.05) is 23.9 Å². The Morgan fingerprint density at radius 2 is 1.83 bits per heavy atom. The Morgan fingerprint density at radius 3 is 2.67 bits per heavy atom. The summed E-state index contributed by atoms with van der Waals surface area (Å²) >= 11 is 0. The summed E-state index contributed by atoms with van der Waals surface area (Å²) in [6.07, 6.45) is 0.235. The molecule has 0 aromatic heterocycles. The van der Waals surface area contributed by atoms with E-state index in [2.05, 4.69) is 5.32 Å². The van der Waals surface area contributed by atoms with Gasteiger partial charge in [0.2, 0.25) is 12.7 Å². The molecule has 2 aliphatic heterocycles. The molecule has 0 saturated heterocycles. The summed E-state index contributed by atoms with van der Waals surface area (Å²) < 4.78 is 15.3. The Hall–Kier alpha value is -3.88. The van der Waals surface area contributed by atoms with Gasteiger partial charge in [0.25, 0.3) is 5.91 Å². The molecule has 0 unspecified atom stereocenters. The maximum atomic E-state index is 12.3. The van der Waals surface area contributed by atoms with Crippen LogP contribution in [0.1, 0.15) is 26.3 Å². The number of carbonyl (C=O) groups is 4. The van der Waals surface area contributed by atoms with Crippen molar-refractivity contribution in [2.24, 2.45) is 0 Å². The summed E-state index contributed by atoms with van der Waals surface area (Å²) in [4.78, 5) is 49.6. The molecule has 0 spiro atoms. The number of carbonyl (C=O) groups excluding carboxylic acids is 4. The zero-order chi connectivity index (χ0) is 21.3. The van der Waals surface area contributed by atoms with Crippen molar-refractivity contribution in [3.05, 3.63) is 53.1 Å². The standard InChI is InChI=1S/C21H18N2O7/c1-23-15-4-2-12(6-14(15)8-19(23)25)16(24)10-28-20(26)9-22-21(27)13-3-5-17-18(7-13)30-11-29-17/h2-7H,8-11H2,1H3,(H,22,27). The molecular weight excluding hydrogens is 392 g/mol. The maximum absolute atomic E-state index is 12.3. The van der Waals surface area contributed by atoms with Gasteiger partial charge in [-0.05, 0) is 42.0 Å². The van der Waals surface area contributed by atoms with Crippen LogP contribution < -0.4 is 19.7 Å². The minimum atomic E-state index is -0.742. The van der Waals surface area contributed by atoms with Crippen molar-refractivity contribution in [1.82, 2.24) is 5.32 Å². The van der Waals surface area contributed by atoms with E-state index in [1.54, 1.807) is 37.4 Å². The van der Waals surface area contributed by atoms with E-state index in [4.69, 9.17) is 14.2 Å². The monoisotopic (exact) mass is 410 g/mol. The average Bonchev–Trinajstić information content (AvgIpc) is 3.33. The molecule has 2 aliphatic rings. The van der Waals surface area contributed by atoms with Crippen LogP contribution in [0.25, 0.3) is 0 Å². The fourth-order valence-corrected chi connectivity index (χ4v) is 3.22. The molecular formula is C21H18N2O7. The molecule has 0 atom stereocenters. The van der Waals surface area contributed by atoms with Gasteiger partial charge in [0.15, 0.2) is 23.9 Å². The second-order valence-electron chi connectivity index (χ2n) is 6.81. The first-order valence-corrected chi connectivity index (χ1v) is 9.18. The topological polar surface area (TPSA) is 111 Å². The van der Waals surface area contributed by atoms with Crippen molar-refractivity contribution >= 4 is 29.3 Å². The number of likely N-dealkylation sites (N-methyl/N-ethyl adjacent to an activating group) is 1. The number of ketones is 1. The van der Waals surface area contributed by atoms with Gasteiger partial charge in [-0.25, -0.2) is 0 Å². The van der Waals surface area contributed by atoms with E-state index < -0.39 is 24.3 Å². The lowest BCUT2D eigenvalue weighted by Crippen LogP contribution is -2.31. The van der Waals surface area contributed by atoms with E-state index in [-0.39, 0.29) is 25.7 Å². The fraction of sp³-hybridized carbons (Fsp3) is 0.238. The lowest BCUT2D eigenvalue weighted by molar-refractivity contribution is -0.141. The van der Waals surface area contributed by atoms with Gasteiger partial charge < -0.3 is 24.4 Å². The summed E-state index contributed by atoms with van der Waals surface area (Å²) in [6, 6.07) is 9.59. The first-order valence-electron chi connectivity index (χ1n) is 9.18. The molecule has 1 N–H and O–H groups in total. The Balaban J connectivity index is 1.27. The normalized spacial score (nSPS) is 13.8. The number of ether oxygens (including phenoxy) is 3. The molecule has 0 saturated carbocycles. The molecule has 0 bridgehead atoms. The average molecular weight is 410 g/mol. The summed E-state index contributed by atoms with van der Waals surface area (Å²) in [7, 11) is 1.68. The van der Waals surface area contributed by atoms with Gasteiger partial charge in [-0.3, -0.25) is 19.2 Å². The highest BCUT2D eigenvalue weighted by Gasteiger charge is 2.25. The third kappa shape index (κ3) is 3.82. The molecule has 2 aromatic carbocycles. The Labute approximate surface area is 171 Å². The van der Waals surface area contributed by atoms with Crippen LogP contribution in [-0.2, 0) is 20.7 Å². The molecule has 2 amide bonds. The Kier molecular flexibility index (Phi) is 5.09. The van der Waals surface area contributed by atoms with Crippen molar-refractivity contribution in [2.45, 2.75) is 6.42 Å². The van der Waals surface area contributed by atoms with Crippen molar-refractivity contribution in [1.29, 1.82) is 0 Å². The smallest absolute Gasteiger partial charge is 0.325 e. The molecule has 0 aliphatic carbocycles. The predicted octanol–water partition coefficient (Wildman–Crippen LogP) is 1.09. The first-order chi connectivity index (χ1) is 14.4. The molecule has 154 valence electrons. The van der Waals surface area contributed by atoms with Gasteiger partial charge >= 0.3 is 5.97 Å². The van der Waals surface area contributed by atoms with E-state index >= 15 is 0 Å². The van der Waals surface area contributed by atoms with Gasteiger partial charge in [-0.15, -0.1) is 0 Å². The van der Waals surface area contributed by atoms with Gasteiger partial charge in [0.1, 0.15) is 6.54 Å². The zero-order valence-electron chi connectivity index (χ0n) is 16.1. The van der Waals surface area contributed by atoms with E-state index in [0.717, 1.165) is 11.3 Å². The number of hydrogen-bond donors (Lipinski definition) is 1. The number of esters is 1. The first kappa shape index (κ1) is 19.4. The molecule has 4 rings (SSSR count). The van der Waals surface area contributed by atoms with Crippen LogP contribution in [-0.4, -0.2) is 50.6 Å². The maximum Gasteiger partial charge on any atom is 0.325 e. The van der Waals surface area contributed by atoms with Crippen LogP contribution >= 0.6 is 0 Å². The largest absolute Gasteiger partial charge is 0.456 e. The molecule has 30 heavy (non-hydrogen) atoms. The summed E-state index contributed by atoms with van der Waals surface area (Å²) in [5, 5.41) is 2.43. The number of hydrogen-bond acceptors (Lipinski definition) is 7. The minimum absolute atomic E-state index is 0.0424. The van der Waals surface area contributed by atoms with Gasteiger partial charge in [-0.1, -0.05) is 0 Å². The third-order valence-electron chi connectivity index (χ3n) is 4.87. The van der Waals surface area contributed by atoms with Crippen LogP contribution in [0.5, 0.6) is 11.5 Å². The number of anilines is 1. The third-order valence-corrected chi connectivity index (χ3v) is 4.87. The molecule has 2 aromatic rings. The van der Waals surface area contributed by atoms with Crippen LogP contribution in [0, 0.1) is 0 Å². The second kappa shape index (κ2) is 7.86. The Bertz CT molecular complexity index is 1060. The number of rotatable bonds is 6. The zero-order valence-corrected chi connectivity index (χ0v) is 16.1. The second-order valence-corrected chi connectivity index (χ2v) is 6.81. The van der Waals surface area contributed by atoms with E-state index in [0.29, 0.717) is 22.6 Å². The van der Waals surface area contributed by atoms with Crippen molar-refractivity contribution in [3.63, 3.8) is 0 Å². The number of nitrogens with one attached hydrogen (secondary N) is 1. The summed E-state index contributed by atoms with van der Waals surface area (Å²) in [6.45, 7) is -0.747. The number of benzene rings is 2. The van der Waals surface area contributed by atoms with Crippen LogP contribution in [0.3, 0.4) is 0 Å². The molecule has 9 heteroatoms. The quantitative estimate of drug-likeness (QED) is 0.561. The summed E-state index contributed by atoms with van der Waals surface area (Å²) in [5.74, 6) is -0.655. The molecule has 2 heterocycles. The van der Waals surface area contributed by atoms with Crippen LogP contribution in [0.15, 0.2) is 36.4 Å². The van der Waals surface area contributed by atoms with Gasteiger partial charge in [-0.2, -0.15) is 0 Å². The summed E-state index contributed by atoms with van der Waals surface area (Å²) in [5.41, 5.74) is 2.19. The van der Waals surface area contributed by atoms with Gasteiger partial charge in [0.05, 0.1) is 6.42 Å². The highest BCUT2D eigenvalue weighted by Crippen LogP contribution is 2.32. The molecule has 9 nitrogen and oxygen atoms in total. The number of nitrogens with zero attached hydrogens (tertiary/aromatic N) is 1. The van der Waals surface area contributed by atoms with Crippen molar-refractivity contribution < 1.29 is 33.4 Å². The molecule has 0 radical (unpaired) electrons. The number of fused-ring (bicyclic) bond motifs is 2. The van der Waals surface area contributed by atoms with Crippen LogP contribution in [0.4, 0.5) is 5.69 Å². The molecule has 0 fully saturated rings. The fourth-order valence-electron chi connectivity index (χ4n) is 3.22. The van der Waals surface area contributed by atoms with E-state index in [1.165, 1.54) is 11.0 Å².